The lowest BCUT2D eigenvalue weighted by Gasteiger charge is -2.17. The number of benzene rings is 2. The van der Waals surface area contributed by atoms with Crippen molar-refractivity contribution in [2.45, 2.75) is 19.5 Å². The van der Waals surface area contributed by atoms with Gasteiger partial charge in [-0.2, -0.15) is 0 Å². The van der Waals surface area contributed by atoms with Crippen LogP contribution >= 0.6 is 15.9 Å². The van der Waals surface area contributed by atoms with Gasteiger partial charge in [-0.05, 0) is 42.3 Å². The Morgan fingerprint density at radius 2 is 1.65 bits per heavy atom. The van der Waals surface area contributed by atoms with Crippen molar-refractivity contribution in [3.8, 4) is 0 Å². The number of likely N-dealkylation sites (N-methyl/N-ethyl adjacent to an activating group) is 1. The Labute approximate surface area is 129 Å². The highest BCUT2D eigenvalue weighted by Gasteiger charge is 2.04. The maximum atomic E-state index is 5.78. The molecule has 0 unspecified atom stereocenters. The van der Waals surface area contributed by atoms with Crippen molar-refractivity contribution in [2.24, 2.45) is 5.73 Å². The molecule has 0 fully saturated rings. The van der Waals surface area contributed by atoms with Crippen molar-refractivity contribution in [1.29, 1.82) is 0 Å². The maximum absolute atomic E-state index is 5.78. The molecule has 0 bridgehead atoms. The van der Waals surface area contributed by atoms with E-state index in [-0.39, 0.29) is 0 Å². The van der Waals surface area contributed by atoms with E-state index in [9.17, 15) is 0 Å². The Bertz CT molecular complexity index is 537. The lowest BCUT2D eigenvalue weighted by molar-refractivity contribution is 0.331. The predicted octanol–water partition coefficient (Wildman–Crippen LogP) is 3.58. The van der Waals surface area contributed by atoms with Gasteiger partial charge in [-0.25, -0.2) is 0 Å². The van der Waals surface area contributed by atoms with Crippen LogP contribution in [0.1, 0.15) is 16.7 Å². The normalized spacial score (nSPS) is 11.0. The molecule has 0 aliphatic heterocycles. The molecule has 2 rings (SSSR count). The van der Waals surface area contributed by atoms with Crippen molar-refractivity contribution in [1.82, 2.24) is 4.90 Å². The third-order valence-electron chi connectivity index (χ3n) is 3.47. The highest BCUT2D eigenvalue weighted by Crippen LogP contribution is 2.13. The van der Waals surface area contributed by atoms with E-state index >= 15 is 0 Å². The Hall–Kier alpha value is -1.16. The first kappa shape index (κ1) is 15.2. The molecular weight excluding hydrogens is 312 g/mol. The molecule has 0 atom stereocenters. The maximum Gasteiger partial charge on any atom is 0.0230 e. The number of rotatable bonds is 6. The molecule has 0 amide bonds. The van der Waals surface area contributed by atoms with E-state index in [1.54, 1.807) is 0 Å². The number of nitrogens with two attached hydrogens (primary N) is 1. The minimum Gasteiger partial charge on any atom is -0.326 e. The van der Waals surface area contributed by atoms with Gasteiger partial charge in [-0.15, -0.1) is 0 Å². The summed E-state index contributed by atoms with van der Waals surface area (Å²) in [5.74, 6) is 0. The van der Waals surface area contributed by atoms with E-state index in [2.05, 4.69) is 76.4 Å². The molecule has 0 aliphatic rings. The summed E-state index contributed by atoms with van der Waals surface area (Å²) in [6, 6.07) is 16.9. The molecule has 0 heterocycles. The smallest absolute Gasteiger partial charge is 0.0230 e. The molecule has 2 N–H and O–H groups in total. The van der Waals surface area contributed by atoms with Crippen LogP contribution in [0.4, 0.5) is 0 Å². The summed E-state index contributed by atoms with van der Waals surface area (Å²) in [6.45, 7) is 2.62. The highest BCUT2D eigenvalue weighted by molar-refractivity contribution is 9.10. The first-order valence-electron chi connectivity index (χ1n) is 6.89. The molecular formula is C17H21BrN2. The van der Waals surface area contributed by atoms with Gasteiger partial charge in [0.15, 0.2) is 0 Å². The molecule has 0 aromatic heterocycles. The molecule has 0 saturated carbocycles. The summed E-state index contributed by atoms with van der Waals surface area (Å²) in [5, 5.41) is 0. The molecule has 20 heavy (non-hydrogen) atoms. The van der Waals surface area contributed by atoms with E-state index in [1.165, 1.54) is 16.7 Å². The fourth-order valence-electron chi connectivity index (χ4n) is 2.29. The Morgan fingerprint density at radius 3 is 2.30 bits per heavy atom. The second kappa shape index (κ2) is 7.58. The first-order chi connectivity index (χ1) is 9.69. The van der Waals surface area contributed by atoms with Gasteiger partial charge in [0.25, 0.3) is 0 Å². The average Bonchev–Trinajstić information content (AvgIpc) is 2.48. The fraction of sp³-hybridized carbons (Fsp3) is 0.294. The van der Waals surface area contributed by atoms with E-state index in [1.807, 2.05) is 0 Å². The topological polar surface area (TPSA) is 29.3 Å². The second-order valence-electron chi connectivity index (χ2n) is 5.09. The summed E-state index contributed by atoms with van der Waals surface area (Å²) >= 11 is 3.46. The first-order valence-corrected chi connectivity index (χ1v) is 7.68. The standard InChI is InChI=1S/C17H21BrN2/c1-20(13-14-6-8-17(18)9-7-14)11-10-15-4-2-3-5-16(15)12-19/h2-9H,10-13,19H2,1H3. The number of hydrogen-bond donors (Lipinski definition) is 1. The zero-order valence-electron chi connectivity index (χ0n) is 11.8. The van der Waals surface area contributed by atoms with Gasteiger partial charge in [0.05, 0.1) is 0 Å². The number of hydrogen-bond acceptors (Lipinski definition) is 2. The van der Waals surface area contributed by atoms with E-state index in [0.29, 0.717) is 6.54 Å². The molecule has 0 radical (unpaired) electrons. The Balaban J connectivity index is 1.88. The Kier molecular flexibility index (Phi) is 5.77. The highest BCUT2D eigenvalue weighted by atomic mass is 79.9. The van der Waals surface area contributed by atoms with Gasteiger partial charge in [-0.1, -0.05) is 52.3 Å². The van der Waals surface area contributed by atoms with Crippen LogP contribution in [0.3, 0.4) is 0 Å². The average molecular weight is 333 g/mol. The van der Waals surface area contributed by atoms with Crippen LogP contribution in [-0.4, -0.2) is 18.5 Å². The Morgan fingerprint density at radius 1 is 1.00 bits per heavy atom. The quantitative estimate of drug-likeness (QED) is 0.875. The lowest BCUT2D eigenvalue weighted by Crippen LogP contribution is -2.21. The molecule has 3 heteroatoms. The van der Waals surface area contributed by atoms with Crippen LogP contribution in [0, 0.1) is 0 Å². The van der Waals surface area contributed by atoms with Crippen molar-refractivity contribution < 1.29 is 0 Å². The van der Waals surface area contributed by atoms with Crippen LogP contribution in [-0.2, 0) is 19.5 Å². The molecule has 106 valence electrons. The zero-order chi connectivity index (χ0) is 14.4. The third-order valence-corrected chi connectivity index (χ3v) is 4.00. The SMILES string of the molecule is CN(CCc1ccccc1CN)Cc1ccc(Br)cc1. The monoisotopic (exact) mass is 332 g/mol. The van der Waals surface area contributed by atoms with E-state index in [0.717, 1.165) is 24.0 Å². The summed E-state index contributed by atoms with van der Waals surface area (Å²) in [6.07, 6.45) is 1.04. The van der Waals surface area contributed by atoms with Crippen LogP contribution in [0.5, 0.6) is 0 Å². The van der Waals surface area contributed by atoms with Crippen molar-refractivity contribution >= 4 is 15.9 Å². The molecule has 2 aromatic rings. The minimum atomic E-state index is 0.618. The third kappa shape index (κ3) is 4.44. The van der Waals surface area contributed by atoms with Gasteiger partial charge in [0.1, 0.15) is 0 Å². The van der Waals surface area contributed by atoms with Gasteiger partial charge in [0.2, 0.25) is 0 Å². The summed E-state index contributed by atoms with van der Waals surface area (Å²) < 4.78 is 1.13. The van der Waals surface area contributed by atoms with Gasteiger partial charge in [0, 0.05) is 24.1 Å². The van der Waals surface area contributed by atoms with Crippen LogP contribution < -0.4 is 5.73 Å². The molecule has 2 aromatic carbocycles. The summed E-state index contributed by atoms with van der Waals surface area (Å²) in [7, 11) is 2.16. The van der Waals surface area contributed by atoms with Crippen LogP contribution in [0.15, 0.2) is 53.0 Å². The van der Waals surface area contributed by atoms with Crippen LogP contribution in [0.2, 0.25) is 0 Å². The van der Waals surface area contributed by atoms with E-state index < -0.39 is 0 Å². The molecule has 0 spiro atoms. The van der Waals surface area contributed by atoms with Gasteiger partial charge in [-0.3, -0.25) is 0 Å². The zero-order valence-corrected chi connectivity index (χ0v) is 13.4. The van der Waals surface area contributed by atoms with Gasteiger partial charge < -0.3 is 10.6 Å². The van der Waals surface area contributed by atoms with Crippen LogP contribution in [0.25, 0.3) is 0 Å². The predicted molar refractivity (Wildman–Crippen MR) is 88.5 cm³/mol. The van der Waals surface area contributed by atoms with Crippen molar-refractivity contribution in [3.05, 3.63) is 69.7 Å². The summed E-state index contributed by atoms with van der Waals surface area (Å²) in [4.78, 5) is 2.34. The van der Waals surface area contributed by atoms with Gasteiger partial charge >= 0.3 is 0 Å². The molecule has 0 saturated heterocycles. The molecule has 0 aliphatic carbocycles. The minimum absolute atomic E-state index is 0.618. The largest absolute Gasteiger partial charge is 0.326 e. The fourth-order valence-corrected chi connectivity index (χ4v) is 2.56. The molecule has 2 nitrogen and oxygen atoms in total. The van der Waals surface area contributed by atoms with Crippen molar-refractivity contribution in [3.63, 3.8) is 0 Å². The number of nitrogens with zero attached hydrogens (tertiary/aromatic N) is 1. The lowest BCUT2D eigenvalue weighted by atomic mass is 10.0. The van der Waals surface area contributed by atoms with E-state index in [4.69, 9.17) is 5.73 Å². The van der Waals surface area contributed by atoms with Crippen molar-refractivity contribution in [2.75, 3.05) is 13.6 Å². The number of halogens is 1. The second-order valence-corrected chi connectivity index (χ2v) is 6.00. The summed E-state index contributed by atoms with van der Waals surface area (Å²) in [5.41, 5.74) is 9.73.